The SMILES string of the molecule is CC(=O)c1c(C)oc(NS(=O)(=O)c2ccc(C)cc2C)c1C#N. The van der Waals surface area contributed by atoms with Crippen LogP contribution in [0.2, 0.25) is 0 Å². The van der Waals surface area contributed by atoms with E-state index in [4.69, 9.17) is 4.42 Å². The van der Waals surface area contributed by atoms with Gasteiger partial charge >= 0.3 is 0 Å². The van der Waals surface area contributed by atoms with Crippen molar-refractivity contribution in [1.82, 2.24) is 0 Å². The van der Waals surface area contributed by atoms with Gasteiger partial charge in [0.2, 0.25) is 5.88 Å². The molecule has 0 saturated heterocycles. The molecule has 1 aromatic carbocycles. The molecular formula is C16H16N2O4S. The summed E-state index contributed by atoms with van der Waals surface area (Å²) < 4.78 is 32.6. The lowest BCUT2D eigenvalue weighted by Crippen LogP contribution is -2.14. The molecule has 0 fully saturated rings. The van der Waals surface area contributed by atoms with Gasteiger partial charge in [0.25, 0.3) is 10.0 Å². The maximum absolute atomic E-state index is 12.5. The monoisotopic (exact) mass is 332 g/mol. The number of hydrogen-bond donors (Lipinski definition) is 1. The fourth-order valence-corrected chi connectivity index (χ4v) is 3.65. The Hall–Kier alpha value is -2.59. The number of nitrogens with zero attached hydrogens (tertiary/aromatic N) is 1. The first-order valence-electron chi connectivity index (χ1n) is 6.82. The molecule has 0 saturated carbocycles. The zero-order chi connectivity index (χ0) is 17.4. The van der Waals surface area contributed by atoms with Gasteiger partial charge in [-0.2, -0.15) is 5.26 Å². The number of benzene rings is 1. The first kappa shape index (κ1) is 16.8. The molecule has 0 amide bonds. The van der Waals surface area contributed by atoms with E-state index in [0.717, 1.165) is 5.56 Å². The van der Waals surface area contributed by atoms with Crippen molar-refractivity contribution in [2.45, 2.75) is 32.6 Å². The van der Waals surface area contributed by atoms with Crippen molar-refractivity contribution < 1.29 is 17.6 Å². The average Bonchev–Trinajstić information content (AvgIpc) is 2.72. The van der Waals surface area contributed by atoms with Crippen molar-refractivity contribution in [3.8, 4) is 6.07 Å². The molecule has 1 heterocycles. The lowest BCUT2D eigenvalue weighted by molar-refractivity contribution is 0.101. The van der Waals surface area contributed by atoms with Gasteiger partial charge in [-0.1, -0.05) is 17.7 Å². The van der Waals surface area contributed by atoms with Gasteiger partial charge in [0.05, 0.1) is 10.5 Å². The summed E-state index contributed by atoms with van der Waals surface area (Å²) in [6.07, 6.45) is 0. The summed E-state index contributed by atoms with van der Waals surface area (Å²) in [5.41, 5.74) is 1.49. The third-order valence-corrected chi connectivity index (χ3v) is 4.89. The van der Waals surface area contributed by atoms with Crippen LogP contribution >= 0.6 is 0 Å². The van der Waals surface area contributed by atoms with E-state index in [2.05, 4.69) is 4.72 Å². The zero-order valence-electron chi connectivity index (χ0n) is 13.2. The predicted molar refractivity (Wildman–Crippen MR) is 84.9 cm³/mol. The Morgan fingerprint density at radius 2 is 1.91 bits per heavy atom. The van der Waals surface area contributed by atoms with E-state index in [1.165, 1.54) is 19.9 Å². The maximum atomic E-state index is 12.5. The van der Waals surface area contributed by atoms with E-state index in [1.54, 1.807) is 19.1 Å². The summed E-state index contributed by atoms with van der Waals surface area (Å²) in [7, 11) is -3.93. The molecule has 0 aliphatic carbocycles. The number of nitrogens with one attached hydrogen (secondary N) is 1. The first-order valence-corrected chi connectivity index (χ1v) is 8.30. The van der Waals surface area contributed by atoms with Crippen LogP contribution < -0.4 is 4.72 Å². The highest BCUT2D eigenvalue weighted by atomic mass is 32.2. The normalized spacial score (nSPS) is 11.1. The quantitative estimate of drug-likeness (QED) is 0.867. The summed E-state index contributed by atoms with van der Waals surface area (Å²) >= 11 is 0. The van der Waals surface area contributed by atoms with E-state index in [1.807, 2.05) is 13.0 Å². The third kappa shape index (κ3) is 3.12. The molecule has 120 valence electrons. The summed E-state index contributed by atoms with van der Waals surface area (Å²) in [5.74, 6) is -0.401. The highest BCUT2D eigenvalue weighted by Crippen LogP contribution is 2.29. The number of carbonyl (C=O) groups excluding carboxylic acids is 1. The van der Waals surface area contributed by atoms with Crippen LogP contribution in [0.1, 0.15) is 39.7 Å². The number of nitriles is 1. The van der Waals surface area contributed by atoms with Crippen molar-refractivity contribution in [2.24, 2.45) is 0 Å². The van der Waals surface area contributed by atoms with Gasteiger partial charge in [0, 0.05) is 0 Å². The molecular weight excluding hydrogens is 316 g/mol. The smallest absolute Gasteiger partial charge is 0.264 e. The van der Waals surface area contributed by atoms with Crippen LogP contribution in [0.25, 0.3) is 0 Å². The number of Topliss-reactive ketones (excluding diaryl/α,β-unsaturated/α-hetero) is 1. The Balaban J connectivity index is 2.52. The van der Waals surface area contributed by atoms with Crippen LogP contribution in [0.4, 0.5) is 5.88 Å². The fraction of sp³-hybridized carbons (Fsp3) is 0.250. The summed E-state index contributed by atoms with van der Waals surface area (Å²) in [6.45, 7) is 6.34. The minimum atomic E-state index is -3.93. The second kappa shape index (κ2) is 5.89. The van der Waals surface area contributed by atoms with Gasteiger partial charge in [-0.3, -0.25) is 4.79 Å². The average molecular weight is 332 g/mol. The van der Waals surface area contributed by atoms with Gasteiger partial charge in [-0.05, 0) is 39.3 Å². The molecule has 0 spiro atoms. The number of aryl methyl sites for hydroxylation is 3. The summed E-state index contributed by atoms with van der Waals surface area (Å²) in [4.78, 5) is 11.7. The molecule has 2 rings (SSSR count). The topological polar surface area (TPSA) is 100 Å². The Bertz CT molecular complexity index is 934. The molecule has 6 nitrogen and oxygen atoms in total. The van der Waals surface area contributed by atoms with Crippen LogP contribution in [0.3, 0.4) is 0 Å². The largest absolute Gasteiger partial charge is 0.443 e. The molecule has 7 heteroatoms. The number of furan rings is 1. The highest BCUT2D eigenvalue weighted by molar-refractivity contribution is 7.92. The van der Waals surface area contributed by atoms with Crippen LogP contribution in [0.5, 0.6) is 0 Å². The number of sulfonamides is 1. The second-order valence-corrected chi connectivity index (χ2v) is 6.93. The van der Waals surface area contributed by atoms with Gasteiger partial charge < -0.3 is 4.42 Å². The van der Waals surface area contributed by atoms with Crippen molar-refractivity contribution in [3.05, 3.63) is 46.2 Å². The Kier molecular flexibility index (Phi) is 4.30. The molecule has 23 heavy (non-hydrogen) atoms. The highest BCUT2D eigenvalue weighted by Gasteiger charge is 2.26. The molecule has 0 radical (unpaired) electrons. The van der Waals surface area contributed by atoms with Gasteiger partial charge in [0.1, 0.15) is 17.4 Å². The fourth-order valence-electron chi connectivity index (χ4n) is 2.43. The number of hydrogen-bond acceptors (Lipinski definition) is 5. The maximum Gasteiger partial charge on any atom is 0.264 e. The Morgan fingerprint density at radius 1 is 1.26 bits per heavy atom. The first-order chi connectivity index (χ1) is 10.7. The van der Waals surface area contributed by atoms with Crippen molar-refractivity contribution >= 4 is 21.7 Å². The minimum Gasteiger partial charge on any atom is -0.443 e. The summed E-state index contributed by atoms with van der Waals surface area (Å²) in [6, 6.07) is 6.74. The van der Waals surface area contributed by atoms with E-state index in [9.17, 15) is 18.5 Å². The second-order valence-electron chi connectivity index (χ2n) is 5.28. The van der Waals surface area contributed by atoms with Gasteiger partial charge in [-0.15, -0.1) is 0 Å². The standard InChI is InChI=1S/C16H16N2O4S/c1-9-5-6-14(10(2)7-9)23(20,21)18-16-13(8-17)15(11(3)19)12(4)22-16/h5-7,18H,1-4H3. The van der Waals surface area contributed by atoms with Crippen molar-refractivity contribution in [2.75, 3.05) is 4.72 Å². The van der Waals surface area contributed by atoms with Gasteiger partial charge in [0.15, 0.2) is 5.78 Å². The van der Waals surface area contributed by atoms with Crippen LogP contribution in [0, 0.1) is 32.1 Å². The molecule has 0 unspecified atom stereocenters. The Morgan fingerprint density at radius 3 is 2.43 bits per heavy atom. The third-order valence-electron chi connectivity index (χ3n) is 3.40. The number of carbonyl (C=O) groups is 1. The lowest BCUT2D eigenvalue weighted by Gasteiger charge is -2.09. The molecule has 1 aromatic heterocycles. The molecule has 0 atom stereocenters. The molecule has 0 bridgehead atoms. The molecule has 0 aliphatic heterocycles. The zero-order valence-corrected chi connectivity index (χ0v) is 14.0. The van der Waals surface area contributed by atoms with E-state index in [-0.39, 0.29) is 33.5 Å². The van der Waals surface area contributed by atoms with Crippen LogP contribution in [0.15, 0.2) is 27.5 Å². The van der Waals surface area contributed by atoms with E-state index >= 15 is 0 Å². The van der Waals surface area contributed by atoms with Crippen molar-refractivity contribution in [1.29, 1.82) is 5.26 Å². The lowest BCUT2D eigenvalue weighted by atomic mass is 10.1. The number of ketones is 1. The molecule has 1 N–H and O–H groups in total. The van der Waals surface area contributed by atoms with Gasteiger partial charge in [-0.25, -0.2) is 13.1 Å². The van der Waals surface area contributed by atoms with E-state index in [0.29, 0.717) is 5.56 Å². The van der Waals surface area contributed by atoms with Crippen LogP contribution in [-0.4, -0.2) is 14.2 Å². The Labute approximate surface area is 134 Å². The number of anilines is 1. The minimum absolute atomic E-state index is 0.0883. The molecule has 2 aromatic rings. The van der Waals surface area contributed by atoms with Crippen molar-refractivity contribution in [3.63, 3.8) is 0 Å². The molecule has 0 aliphatic rings. The predicted octanol–water partition coefficient (Wildman–Crippen LogP) is 3.08. The summed E-state index contributed by atoms with van der Waals surface area (Å²) in [5, 5.41) is 9.22. The number of rotatable bonds is 4. The van der Waals surface area contributed by atoms with Crippen LogP contribution in [-0.2, 0) is 10.0 Å². The van der Waals surface area contributed by atoms with E-state index < -0.39 is 10.0 Å².